The minimum Gasteiger partial charge on any atom is -0.427 e. The number of aryl methyl sites for hydroxylation is 1. The van der Waals surface area contributed by atoms with Crippen LogP contribution in [0.2, 0.25) is 6.32 Å². The van der Waals surface area contributed by atoms with Gasteiger partial charge in [-0.05, 0) is 30.7 Å². The number of hydrogen-bond donors (Lipinski definition) is 4. The van der Waals surface area contributed by atoms with Gasteiger partial charge < -0.3 is 25.6 Å². The quantitative estimate of drug-likeness (QED) is 0.294. The molecule has 1 saturated heterocycles. The fraction of sp³-hybridized carbons (Fsp3) is 0.522. The second-order valence-electron chi connectivity index (χ2n) is 9.36. The lowest BCUT2D eigenvalue weighted by atomic mass is 9.79. The van der Waals surface area contributed by atoms with Crippen molar-refractivity contribution in [3.05, 3.63) is 47.0 Å². The number of benzene rings is 1. The predicted octanol–water partition coefficient (Wildman–Crippen LogP) is 2.30. The van der Waals surface area contributed by atoms with Crippen molar-refractivity contribution in [2.75, 3.05) is 13.1 Å². The lowest BCUT2D eigenvalue weighted by molar-refractivity contribution is -0.127. The number of nitrogens with one attached hydrogen (secondary N) is 2. The fourth-order valence-corrected chi connectivity index (χ4v) is 3.75. The number of carbonyl (C=O) groups excluding carboxylic acids is 2. The van der Waals surface area contributed by atoms with E-state index in [0.717, 1.165) is 24.0 Å². The lowest BCUT2D eigenvalue weighted by Crippen LogP contribution is -2.47. The van der Waals surface area contributed by atoms with Gasteiger partial charge in [0.2, 0.25) is 0 Å². The number of carbonyl (C=O) groups is 2. The maximum absolute atomic E-state index is 12.9. The first-order valence-electron chi connectivity index (χ1n) is 10.9. The third kappa shape index (κ3) is 7.70. The molecule has 1 heterocycles. The largest absolute Gasteiger partial charge is 0.453 e. The van der Waals surface area contributed by atoms with E-state index < -0.39 is 19.2 Å². The van der Waals surface area contributed by atoms with E-state index in [9.17, 15) is 24.9 Å². The van der Waals surface area contributed by atoms with Crippen LogP contribution in [-0.4, -0.2) is 53.1 Å². The van der Waals surface area contributed by atoms with E-state index in [1.165, 1.54) is 0 Å². The molecule has 1 aromatic carbocycles. The van der Waals surface area contributed by atoms with Crippen LogP contribution in [0.3, 0.4) is 0 Å². The van der Waals surface area contributed by atoms with Gasteiger partial charge >= 0.3 is 13.1 Å². The first-order valence-corrected chi connectivity index (χ1v) is 10.9. The molecule has 9 heteroatoms. The molecular weight excluding hydrogens is 407 g/mol. The highest BCUT2D eigenvalue weighted by atomic mass is 16.4. The van der Waals surface area contributed by atoms with E-state index in [1.54, 1.807) is 11.0 Å². The molecular formula is C23H33BN4O4. The highest BCUT2D eigenvalue weighted by Gasteiger charge is 2.31. The first-order chi connectivity index (χ1) is 15.0. The van der Waals surface area contributed by atoms with Crippen LogP contribution < -0.4 is 10.6 Å². The molecule has 0 aromatic heterocycles. The Labute approximate surface area is 190 Å². The number of urea groups is 1. The lowest BCUT2D eigenvalue weighted by Gasteiger charge is -2.26. The van der Waals surface area contributed by atoms with Gasteiger partial charge in [-0.1, -0.05) is 56.7 Å². The van der Waals surface area contributed by atoms with Crippen LogP contribution in [0.4, 0.5) is 4.79 Å². The highest BCUT2D eigenvalue weighted by molar-refractivity contribution is 6.41. The maximum Gasteiger partial charge on any atom is 0.453 e. The Hall–Kier alpha value is -2.83. The van der Waals surface area contributed by atoms with Crippen molar-refractivity contribution in [2.24, 2.45) is 5.41 Å². The normalized spacial score (nSPS) is 17.5. The zero-order valence-electron chi connectivity index (χ0n) is 19.3. The van der Waals surface area contributed by atoms with E-state index >= 15 is 0 Å². The van der Waals surface area contributed by atoms with Crippen LogP contribution in [0.15, 0.2) is 35.9 Å². The third-order valence-electron chi connectivity index (χ3n) is 5.30. The topological polar surface area (TPSA) is 126 Å². The van der Waals surface area contributed by atoms with Crippen LogP contribution >= 0.6 is 0 Å². The minimum atomic E-state index is -1.57. The van der Waals surface area contributed by atoms with Crippen LogP contribution in [0.1, 0.15) is 50.8 Å². The van der Waals surface area contributed by atoms with Crippen molar-refractivity contribution in [1.29, 1.82) is 5.26 Å². The van der Waals surface area contributed by atoms with Crippen molar-refractivity contribution >= 4 is 19.1 Å². The number of nitrogens with zero attached hydrogens (tertiary/aromatic N) is 2. The second-order valence-corrected chi connectivity index (χ2v) is 9.36. The zero-order chi connectivity index (χ0) is 23.9. The van der Waals surface area contributed by atoms with Gasteiger partial charge in [0.05, 0.1) is 6.04 Å². The summed E-state index contributed by atoms with van der Waals surface area (Å²) >= 11 is 0. The number of rotatable bonds is 7. The van der Waals surface area contributed by atoms with Gasteiger partial charge in [0.1, 0.15) is 11.6 Å². The van der Waals surface area contributed by atoms with E-state index in [2.05, 4.69) is 10.6 Å². The smallest absolute Gasteiger partial charge is 0.427 e. The van der Waals surface area contributed by atoms with E-state index in [1.807, 2.05) is 58.0 Å². The van der Waals surface area contributed by atoms with Gasteiger partial charge in [-0.15, -0.1) is 0 Å². The summed E-state index contributed by atoms with van der Waals surface area (Å²) in [6, 6.07) is 8.24. The summed E-state index contributed by atoms with van der Waals surface area (Å²) < 4.78 is 0. The molecule has 8 nitrogen and oxygen atoms in total. The second kappa shape index (κ2) is 11.2. The molecule has 32 heavy (non-hydrogen) atoms. The molecule has 0 unspecified atom stereocenters. The van der Waals surface area contributed by atoms with Gasteiger partial charge in [0.25, 0.3) is 5.91 Å². The number of amides is 3. The van der Waals surface area contributed by atoms with E-state index in [4.69, 9.17) is 0 Å². The summed E-state index contributed by atoms with van der Waals surface area (Å²) in [6.45, 7) is 8.52. The van der Waals surface area contributed by atoms with Crippen molar-refractivity contribution in [3.8, 4) is 6.07 Å². The Balaban J connectivity index is 2.00. The zero-order valence-corrected chi connectivity index (χ0v) is 19.3. The number of nitriles is 1. The average molecular weight is 440 g/mol. The van der Waals surface area contributed by atoms with Gasteiger partial charge in [-0.3, -0.25) is 4.79 Å². The minimum absolute atomic E-state index is 0.0480. The van der Waals surface area contributed by atoms with Crippen molar-refractivity contribution in [1.82, 2.24) is 15.5 Å². The SMILES string of the molecule is Cc1ccc([C@@H](CB(O)O)NC(=O)NC[C@@H]2CCCN2C(=O)C(C#N)=CC(C)(C)C)cc1. The summed E-state index contributed by atoms with van der Waals surface area (Å²) in [6.07, 6.45) is 3.17. The first kappa shape index (κ1) is 25.4. The molecule has 0 spiro atoms. The molecule has 0 bridgehead atoms. The van der Waals surface area contributed by atoms with E-state index in [0.29, 0.717) is 6.54 Å². The van der Waals surface area contributed by atoms with Crippen molar-refractivity contribution in [2.45, 2.75) is 58.9 Å². The third-order valence-corrected chi connectivity index (χ3v) is 5.30. The maximum atomic E-state index is 12.9. The van der Waals surface area contributed by atoms with Gasteiger partial charge in [-0.25, -0.2) is 4.79 Å². The molecule has 3 amide bonds. The molecule has 1 fully saturated rings. The standard InChI is InChI=1S/C23H33BN4O4/c1-16-7-9-17(10-8-16)20(13-24(31)32)27-22(30)26-15-19-6-5-11-28(19)21(29)18(14-25)12-23(2,3)4/h7-10,12,19-20,31-32H,5-6,11,13,15H2,1-4H3,(H2,26,27,30)/t19-,20+/m0/s1. The Morgan fingerprint density at radius 2 is 1.97 bits per heavy atom. The predicted molar refractivity (Wildman–Crippen MR) is 123 cm³/mol. The number of likely N-dealkylation sites (tertiary alicyclic amines) is 1. The van der Waals surface area contributed by atoms with Crippen LogP contribution in [0.5, 0.6) is 0 Å². The molecule has 2 atom stereocenters. The molecule has 1 aliphatic heterocycles. The summed E-state index contributed by atoms with van der Waals surface area (Å²) in [5.41, 5.74) is 1.65. The summed E-state index contributed by atoms with van der Waals surface area (Å²) in [5.74, 6) is -0.312. The van der Waals surface area contributed by atoms with E-state index in [-0.39, 0.29) is 35.8 Å². The summed E-state index contributed by atoms with van der Waals surface area (Å²) in [4.78, 5) is 27.1. The summed E-state index contributed by atoms with van der Waals surface area (Å²) in [7, 11) is -1.57. The monoisotopic (exact) mass is 440 g/mol. The molecule has 172 valence electrons. The average Bonchev–Trinajstić information content (AvgIpc) is 3.17. The molecule has 0 saturated carbocycles. The molecule has 0 radical (unpaired) electrons. The molecule has 1 aromatic rings. The number of hydrogen-bond acceptors (Lipinski definition) is 5. The van der Waals surface area contributed by atoms with Crippen molar-refractivity contribution in [3.63, 3.8) is 0 Å². The molecule has 1 aliphatic rings. The van der Waals surface area contributed by atoms with Gasteiger partial charge in [0.15, 0.2) is 0 Å². The molecule has 4 N–H and O–H groups in total. The summed E-state index contributed by atoms with van der Waals surface area (Å²) in [5, 5.41) is 33.8. The van der Waals surface area contributed by atoms with Crippen LogP contribution in [0, 0.1) is 23.7 Å². The Bertz CT molecular complexity index is 871. The van der Waals surface area contributed by atoms with Crippen LogP contribution in [0.25, 0.3) is 0 Å². The van der Waals surface area contributed by atoms with Crippen molar-refractivity contribution < 1.29 is 19.6 Å². The molecule has 0 aliphatic carbocycles. The number of allylic oxidation sites excluding steroid dienone is 1. The van der Waals surface area contributed by atoms with Crippen LogP contribution in [-0.2, 0) is 4.79 Å². The Morgan fingerprint density at radius 1 is 1.31 bits per heavy atom. The molecule has 2 rings (SSSR count). The Morgan fingerprint density at radius 3 is 2.53 bits per heavy atom. The fourth-order valence-electron chi connectivity index (χ4n) is 3.75. The Kier molecular flexibility index (Phi) is 8.87. The van der Waals surface area contributed by atoms with Gasteiger partial charge in [-0.2, -0.15) is 5.26 Å². The van der Waals surface area contributed by atoms with Gasteiger partial charge in [0, 0.05) is 25.5 Å². The highest BCUT2D eigenvalue weighted by Crippen LogP contribution is 2.23.